The van der Waals surface area contributed by atoms with E-state index in [1.165, 1.54) is 12.2 Å². The summed E-state index contributed by atoms with van der Waals surface area (Å²) in [6, 6.07) is 13.1. The molecule has 1 amide bonds. The van der Waals surface area contributed by atoms with E-state index in [4.69, 9.17) is 9.15 Å². The molecule has 6 heteroatoms. The minimum Gasteiger partial charge on any atom is -0.452 e. The lowest BCUT2D eigenvalue weighted by atomic mass is 10.2. The maximum Gasteiger partial charge on any atom is 0.331 e. The molecule has 1 heterocycles. The second-order valence-electron chi connectivity index (χ2n) is 5.68. The molecule has 0 aliphatic heterocycles. The largest absolute Gasteiger partial charge is 0.452 e. The van der Waals surface area contributed by atoms with Crippen LogP contribution in [0.15, 0.2) is 57.6 Å². The quantitative estimate of drug-likeness (QED) is 0.515. The molecule has 5 nitrogen and oxygen atoms in total. The maximum atomic E-state index is 12.4. The number of halogens is 1. The van der Waals surface area contributed by atoms with Crippen molar-refractivity contribution < 1.29 is 18.7 Å². The second kappa shape index (κ2) is 9.22. The number of benzene rings is 1. The monoisotopic (exact) mass is 405 g/mol. The number of carbonyl (C=O) groups is 2. The highest BCUT2D eigenvalue weighted by Crippen LogP contribution is 2.15. The van der Waals surface area contributed by atoms with Crippen LogP contribution in [0.5, 0.6) is 0 Å². The molecule has 1 aromatic heterocycles. The fourth-order valence-corrected chi connectivity index (χ4v) is 2.49. The molecule has 0 N–H and O–H groups in total. The van der Waals surface area contributed by atoms with Gasteiger partial charge in [-0.15, -0.1) is 0 Å². The van der Waals surface area contributed by atoms with Crippen LogP contribution in [0.2, 0.25) is 0 Å². The summed E-state index contributed by atoms with van der Waals surface area (Å²) >= 11 is 3.18. The number of hydrogen-bond donors (Lipinski definition) is 0. The van der Waals surface area contributed by atoms with Crippen molar-refractivity contribution in [3.63, 3.8) is 0 Å². The van der Waals surface area contributed by atoms with E-state index in [9.17, 15) is 9.59 Å². The van der Waals surface area contributed by atoms with Gasteiger partial charge in [0.1, 0.15) is 5.76 Å². The van der Waals surface area contributed by atoms with Gasteiger partial charge in [0.15, 0.2) is 11.3 Å². The predicted octanol–water partition coefficient (Wildman–Crippen LogP) is 4.04. The number of rotatable bonds is 7. The summed E-state index contributed by atoms with van der Waals surface area (Å²) in [6.45, 7) is 4.04. The van der Waals surface area contributed by atoms with Crippen LogP contribution in [-0.2, 0) is 20.9 Å². The van der Waals surface area contributed by atoms with Crippen LogP contribution in [0, 0.1) is 0 Å². The SMILES string of the molecule is CC(C)N(Cc1ccccc1)C(=O)COC(=O)/C=C/c1ccc(Br)o1. The summed E-state index contributed by atoms with van der Waals surface area (Å²) in [5.41, 5.74) is 1.03. The molecule has 0 atom stereocenters. The first-order valence-corrected chi connectivity index (χ1v) is 8.68. The smallest absolute Gasteiger partial charge is 0.331 e. The van der Waals surface area contributed by atoms with Crippen LogP contribution in [0.4, 0.5) is 0 Å². The fraction of sp³-hybridized carbons (Fsp3) is 0.263. The number of carbonyl (C=O) groups excluding carboxylic acids is 2. The fourth-order valence-electron chi connectivity index (χ4n) is 2.17. The number of ether oxygens (including phenoxy) is 1. The molecule has 0 aliphatic carbocycles. The van der Waals surface area contributed by atoms with E-state index in [0.717, 1.165) is 5.56 Å². The molecule has 0 saturated heterocycles. The Morgan fingerprint density at radius 1 is 1.20 bits per heavy atom. The summed E-state index contributed by atoms with van der Waals surface area (Å²) in [5, 5.41) is 0. The minimum atomic E-state index is -0.593. The lowest BCUT2D eigenvalue weighted by Crippen LogP contribution is -2.39. The molecule has 2 rings (SSSR count). The Bertz CT molecular complexity index is 737. The zero-order valence-electron chi connectivity index (χ0n) is 14.1. The Hall–Kier alpha value is -2.34. The van der Waals surface area contributed by atoms with E-state index in [0.29, 0.717) is 17.0 Å². The molecule has 0 saturated carbocycles. The molecule has 0 unspecified atom stereocenters. The average molecular weight is 406 g/mol. The summed E-state index contributed by atoms with van der Waals surface area (Å²) in [5.74, 6) is -0.311. The van der Waals surface area contributed by atoms with Crippen LogP contribution < -0.4 is 0 Å². The Balaban J connectivity index is 1.87. The third-order valence-corrected chi connectivity index (χ3v) is 3.88. The van der Waals surface area contributed by atoms with Gasteiger partial charge in [0, 0.05) is 18.7 Å². The average Bonchev–Trinajstić information content (AvgIpc) is 3.01. The number of hydrogen-bond acceptors (Lipinski definition) is 4. The maximum absolute atomic E-state index is 12.4. The van der Waals surface area contributed by atoms with E-state index >= 15 is 0 Å². The van der Waals surface area contributed by atoms with Gasteiger partial charge >= 0.3 is 5.97 Å². The highest BCUT2D eigenvalue weighted by molar-refractivity contribution is 9.10. The van der Waals surface area contributed by atoms with Gasteiger partial charge in [-0.1, -0.05) is 30.3 Å². The summed E-state index contributed by atoms with van der Waals surface area (Å²) < 4.78 is 10.8. The van der Waals surface area contributed by atoms with Crippen molar-refractivity contribution >= 4 is 33.9 Å². The van der Waals surface area contributed by atoms with Crippen molar-refractivity contribution in [2.75, 3.05) is 6.61 Å². The molecule has 0 radical (unpaired) electrons. The van der Waals surface area contributed by atoms with Crippen LogP contribution in [0.1, 0.15) is 25.2 Å². The number of esters is 1. The standard InChI is InChI=1S/C19H20BrNO4/c1-14(2)21(12-15-6-4-3-5-7-15)18(22)13-24-19(23)11-9-16-8-10-17(20)25-16/h3-11,14H,12-13H2,1-2H3/b11-9+. The zero-order chi connectivity index (χ0) is 18.2. The zero-order valence-corrected chi connectivity index (χ0v) is 15.7. The minimum absolute atomic E-state index is 0.00224. The van der Waals surface area contributed by atoms with Gasteiger partial charge in [0.2, 0.25) is 0 Å². The van der Waals surface area contributed by atoms with Crippen molar-refractivity contribution in [3.8, 4) is 0 Å². The van der Waals surface area contributed by atoms with E-state index in [2.05, 4.69) is 15.9 Å². The summed E-state index contributed by atoms with van der Waals surface area (Å²) in [4.78, 5) is 25.8. The third kappa shape index (κ3) is 6.23. The lowest BCUT2D eigenvalue weighted by Gasteiger charge is -2.26. The van der Waals surface area contributed by atoms with Crippen LogP contribution in [0.3, 0.4) is 0 Å². The topological polar surface area (TPSA) is 59.8 Å². The van der Waals surface area contributed by atoms with Crippen LogP contribution in [-0.4, -0.2) is 29.4 Å². The van der Waals surface area contributed by atoms with E-state index in [1.807, 2.05) is 44.2 Å². The number of nitrogens with zero attached hydrogens (tertiary/aromatic N) is 1. The van der Waals surface area contributed by atoms with Gasteiger partial charge in [0.05, 0.1) is 0 Å². The molecule has 25 heavy (non-hydrogen) atoms. The predicted molar refractivity (Wildman–Crippen MR) is 98.5 cm³/mol. The van der Waals surface area contributed by atoms with Crippen molar-refractivity contribution in [1.29, 1.82) is 0 Å². The molecule has 0 bridgehead atoms. The van der Waals surface area contributed by atoms with Crippen LogP contribution >= 0.6 is 15.9 Å². The van der Waals surface area contributed by atoms with E-state index in [1.54, 1.807) is 17.0 Å². The molecular formula is C19H20BrNO4. The molecular weight excluding hydrogens is 386 g/mol. The number of amides is 1. The van der Waals surface area contributed by atoms with Crippen molar-refractivity contribution in [1.82, 2.24) is 4.90 Å². The molecule has 0 aliphatic rings. The van der Waals surface area contributed by atoms with Crippen LogP contribution in [0.25, 0.3) is 6.08 Å². The molecule has 0 spiro atoms. The first-order valence-electron chi connectivity index (χ1n) is 7.89. The second-order valence-corrected chi connectivity index (χ2v) is 6.47. The Kier molecular flexibility index (Phi) is 7.01. The van der Waals surface area contributed by atoms with Gasteiger partial charge in [0.25, 0.3) is 5.91 Å². The Labute approximate surface area is 155 Å². The van der Waals surface area contributed by atoms with Gasteiger partial charge in [-0.25, -0.2) is 4.79 Å². The summed E-state index contributed by atoms with van der Waals surface area (Å²) in [7, 11) is 0. The molecule has 0 fully saturated rings. The van der Waals surface area contributed by atoms with Gasteiger partial charge in [-0.3, -0.25) is 4.79 Å². The van der Waals surface area contributed by atoms with E-state index in [-0.39, 0.29) is 18.6 Å². The molecule has 2 aromatic rings. The Morgan fingerprint density at radius 3 is 2.52 bits per heavy atom. The third-order valence-electron chi connectivity index (χ3n) is 3.46. The highest BCUT2D eigenvalue weighted by atomic mass is 79.9. The molecule has 132 valence electrons. The lowest BCUT2D eigenvalue weighted by molar-refractivity contribution is -0.149. The van der Waals surface area contributed by atoms with Crippen molar-refractivity contribution in [2.24, 2.45) is 0 Å². The molecule has 1 aromatic carbocycles. The normalized spacial score (nSPS) is 11.0. The number of furan rings is 1. The summed E-state index contributed by atoms with van der Waals surface area (Å²) in [6.07, 6.45) is 2.72. The van der Waals surface area contributed by atoms with Crippen molar-refractivity contribution in [2.45, 2.75) is 26.4 Å². The highest BCUT2D eigenvalue weighted by Gasteiger charge is 2.18. The van der Waals surface area contributed by atoms with E-state index < -0.39 is 5.97 Å². The van der Waals surface area contributed by atoms with Gasteiger partial charge in [-0.05, 0) is 53.5 Å². The van der Waals surface area contributed by atoms with Gasteiger partial charge in [-0.2, -0.15) is 0 Å². The first kappa shape index (κ1) is 19.0. The first-order chi connectivity index (χ1) is 12.0. The van der Waals surface area contributed by atoms with Gasteiger partial charge < -0.3 is 14.1 Å². The Morgan fingerprint density at radius 2 is 1.92 bits per heavy atom. The van der Waals surface area contributed by atoms with Crippen molar-refractivity contribution in [3.05, 3.63) is 64.5 Å².